The number of amides is 1. The Hall–Kier alpha value is -2.64. The Kier molecular flexibility index (Phi) is 6.27. The summed E-state index contributed by atoms with van der Waals surface area (Å²) in [5, 5.41) is 0. The largest absolute Gasteiger partial charge is 0.484 e. The smallest absolute Gasteiger partial charge is 0.257 e. The number of carbonyl (C=O) groups is 1. The Balaban J connectivity index is 1.27. The van der Waals surface area contributed by atoms with E-state index in [-0.39, 0.29) is 12.0 Å². The first kappa shape index (κ1) is 19.7. The van der Waals surface area contributed by atoms with Crippen molar-refractivity contribution in [1.29, 1.82) is 0 Å². The van der Waals surface area contributed by atoms with E-state index in [1.807, 2.05) is 12.1 Å². The Morgan fingerprint density at radius 1 is 1.24 bits per heavy atom. The lowest BCUT2D eigenvalue weighted by molar-refractivity contribution is -0.132. The van der Waals surface area contributed by atoms with Gasteiger partial charge in [-0.3, -0.25) is 14.5 Å². The van der Waals surface area contributed by atoms with Crippen molar-refractivity contribution in [2.75, 3.05) is 26.8 Å². The number of hydrogen-bond donors (Lipinski definition) is 1. The molecule has 29 heavy (non-hydrogen) atoms. The van der Waals surface area contributed by atoms with Gasteiger partial charge in [-0.25, -0.2) is 10.5 Å². The van der Waals surface area contributed by atoms with E-state index >= 15 is 0 Å². The molecule has 1 N–H and O–H groups in total. The van der Waals surface area contributed by atoms with Gasteiger partial charge in [0.05, 0.1) is 7.11 Å². The van der Waals surface area contributed by atoms with Crippen molar-refractivity contribution in [3.63, 3.8) is 0 Å². The number of benzene rings is 1. The number of hydrogen-bond acceptors (Lipinski definition) is 6. The molecule has 4 rings (SSSR count). The van der Waals surface area contributed by atoms with Crippen molar-refractivity contribution in [3.05, 3.63) is 53.7 Å². The van der Waals surface area contributed by atoms with Crippen LogP contribution in [0.25, 0.3) is 0 Å². The second-order valence-electron chi connectivity index (χ2n) is 7.62. The summed E-state index contributed by atoms with van der Waals surface area (Å²) in [6, 6.07) is 12.2. The van der Waals surface area contributed by atoms with Crippen molar-refractivity contribution in [1.82, 2.24) is 15.4 Å². The lowest BCUT2D eigenvalue weighted by atomic mass is 9.93. The minimum absolute atomic E-state index is 0.0340. The summed E-state index contributed by atoms with van der Waals surface area (Å²) in [5.74, 6) is 1.65. The van der Waals surface area contributed by atoms with Gasteiger partial charge in [-0.2, -0.15) is 0 Å². The molecule has 1 amide bonds. The molecule has 0 bridgehead atoms. The molecule has 0 spiro atoms. The predicted molar refractivity (Wildman–Crippen MR) is 107 cm³/mol. The average Bonchev–Trinajstić information content (AvgIpc) is 2.75. The van der Waals surface area contributed by atoms with Crippen LogP contribution < -0.4 is 15.0 Å². The Labute approximate surface area is 170 Å². The molecule has 154 valence electrons. The zero-order chi connectivity index (χ0) is 20.1. The molecule has 7 heteroatoms. The molecule has 1 unspecified atom stereocenters. The van der Waals surface area contributed by atoms with Gasteiger partial charge in [-0.15, -0.1) is 0 Å². The van der Waals surface area contributed by atoms with Gasteiger partial charge >= 0.3 is 0 Å². The summed E-state index contributed by atoms with van der Waals surface area (Å²) >= 11 is 0. The maximum atomic E-state index is 11.6. The maximum absolute atomic E-state index is 11.6. The zero-order valence-electron chi connectivity index (χ0n) is 16.7. The molecule has 2 aliphatic rings. The van der Waals surface area contributed by atoms with Crippen LogP contribution in [0.3, 0.4) is 0 Å². The van der Waals surface area contributed by atoms with Crippen LogP contribution in [0.2, 0.25) is 0 Å². The van der Waals surface area contributed by atoms with Gasteiger partial charge < -0.3 is 9.47 Å². The summed E-state index contributed by atoms with van der Waals surface area (Å²) in [7, 11) is 1.47. The Bertz CT molecular complexity index is 819. The van der Waals surface area contributed by atoms with Crippen molar-refractivity contribution >= 4 is 5.91 Å². The average molecular weight is 397 g/mol. The van der Waals surface area contributed by atoms with E-state index in [2.05, 4.69) is 44.5 Å². The number of likely N-dealkylation sites (tertiary alicyclic amines) is 1. The number of nitrogens with zero attached hydrogens (tertiary/aromatic N) is 2. The van der Waals surface area contributed by atoms with E-state index in [4.69, 9.17) is 9.47 Å². The van der Waals surface area contributed by atoms with Crippen LogP contribution in [-0.4, -0.2) is 42.6 Å². The van der Waals surface area contributed by atoms with Crippen LogP contribution >= 0.6 is 0 Å². The highest BCUT2D eigenvalue weighted by Crippen LogP contribution is 2.34. The topological polar surface area (TPSA) is 72.9 Å². The lowest BCUT2D eigenvalue weighted by Gasteiger charge is -2.31. The van der Waals surface area contributed by atoms with Crippen molar-refractivity contribution < 1.29 is 19.1 Å². The number of carbonyl (C=O) groups excluding carboxylic acids is 1. The highest BCUT2D eigenvalue weighted by Gasteiger charge is 2.24. The fourth-order valence-corrected chi connectivity index (χ4v) is 3.94. The molecule has 2 aliphatic heterocycles. The van der Waals surface area contributed by atoms with Gasteiger partial charge in [-0.1, -0.05) is 24.3 Å². The molecular formula is C22H27N3O4. The van der Waals surface area contributed by atoms with Gasteiger partial charge in [0.25, 0.3) is 5.88 Å². The standard InChI is InChI=1S/C22H27N3O4/c1-27-24-21(26)13-16-8-11-25(12-9-16)14-17-4-6-18(7-5-17)20-15-28-19-3-2-10-23-22(19)29-20/h2-7,10,16,20H,8-9,11-15H2,1H3,(H,24,26). The molecule has 0 radical (unpaired) electrons. The molecule has 3 heterocycles. The van der Waals surface area contributed by atoms with Gasteiger partial charge in [0.1, 0.15) is 6.61 Å². The van der Waals surface area contributed by atoms with Crippen LogP contribution in [-0.2, 0) is 16.2 Å². The van der Waals surface area contributed by atoms with Gasteiger partial charge in [0.15, 0.2) is 11.9 Å². The fraction of sp³-hybridized carbons (Fsp3) is 0.455. The molecule has 1 saturated heterocycles. The summed E-state index contributed by atoms with van der Waals surface area (Å²) < 4.78 is 11.7. The second kappa shape index (κ2) is 9.24. The first-order valence-electron chi connectivity index (χ1n) is 10.1. The van der Waals surface area contributed by atoms with Gasteiger partial charge in [0, 0.05) is 19.2 Å². The summed E-state index contributed by atoms with van der Waals surface area (Å²) in [6.07, 6.45) is 4.18. The molecule has 1 aromatic heterocycles. The van der Waals surface area contributed by atoms with E-state index in [1.165, 1.54) is 12.7 Å². The predicted octanol–water partition coefficient (Wildman–Crippen LogP) is 2.87. The number of rotatable bonds is 6. The third-order valence-corrected chi connectivity index (χ3v) is 5.54. The van der Waals surface area contributed by atoms with Crippen molar-refractivity contribution in [2.24, 2.45) is 5.92 Å². The number of hydroxylamine groups is 1. The molecule has 2 aromatic rings. The molecular weight excluding hydrogens is 370 g/mol. The Morgan fingerprint density at radius 3 is 2.79 bits per heavy atom. The van der Waals surface area contributed by atoms with Crippen LogP contribution in [0.4, 0.5) is 0 Å². The van der Waals surface area contributed by atoms with Crippen molar-refractivity contribution in [3.8, 4) is 11.6 Å². The third kappa shape index (κ3) is 5.05. The molecule has 7 nitrogen and oxygen atoms in total. The summed E-state index contributed by atoms with van der Waals surface area (Å²) in [5.41, 5.74) is 4.77. The van der Waals surface area contributed by atoms with Gasteiger partial charge in [-0.05, 0) is 55.1 Å². The third-order valence-electron chi connectivity index (χ3n) is 5.54. The fourth-order valence-electron chi connectivity index (χ4n) is 3.94. The number of piperidine rings is 1. The molecule has 1 aromatic carbocycles. The number of nitrogens with one attached hydrogen (secondary N) is 1. The maximum Gasteiger partial charge on any atom is 0.257 e. The van der Waals surface area contributed by atoms with Crippen LogP contribution in [0, 0.1) is 5.92 Å². The second-order valence-corrected chi connectivity index (χ2v) is 7.62. The number of pyridine rings is 1. The minimum Gasteiger partial charge on any atom is -0.484 e. The number of ether oxygens (including phenoxy) is 2. The highest BCUT2D eigenvalue weighted by molar-refractivity contribution is 5.75. The first-order chi connectivity index (χ1) is 14.2. The lowest BCUT2D eigenvalue weighted by Crippen LogP contribution is -2.35. The van der Waals surface area contributed by atoms with Crippen LogP contribution in [0.5, 0.6) is 11.6 Å². The molecule has 0 saturated carbocycles. The normalized spacial score (nSPS) is 19.7. The Morgan fingerprint density at radius 2 is 2.03 bits per heavy atom. The minimum atomic E-state index is -0.138. The van der Waals surface area contributed by atoms with E-state index < -0.39 is 0 Å². The number of aromatic nitrogens is 1. The highest BCUT2D eigenvalue weighted by atomic mass is 16.6. The SMILES string of the molecule is CONC(=O)CC1CCN(Cc2ccc(C3COc4cccnc4O3)cc2)CC1. The van der Waals surface area contributed by atoms with Crippen LogP contribution in [0.15, 0.2) is 42.6 Å². The zero-order valence-corrected chi connectivity index (χ0v) is 16.7. The summed E-state index contributed by atoms with van der Waals surface area (Å²) in [4.78, 5) is 23.0. The monoisotopic (exact) mass is 397 g/mol. The molecule has 1 fully saturated rings. The molecule has 1 atom stereocenters. The number of fused-ring (bicyclic) bond motifs is 1. The van der Waals surface area contributed by atoms with E-state index in [0.29, 0.717) is 30.6 Å². The van der Waals surface area contributed by atoms with Crippen molar-refractivity contribution in [2.45, 2.75) is 31.9 Å². The van der Waals surface area contributed by atoms with Gasteiger partial charge in [0.2, 0.25) is 5.91 Å². The molecule has 0 aliphatic carbocycles. The first-order valence-corrected chi connectivity index (χ1v) is 10.1. The van der Waals surface area contributed by atoms with Crippen LogP contribution in [0.1, 0.15) is 36.5 Å². The van der Waals surface area contributed by atoms with E-state index in [1.54, 1.807) is 6.20 Å². The van der Waals surface area contributed by atoms with E-state index in [9.17, 15) is 4.79 Å². The van der Waals surface area contributed by atoms with E-state index in [0.717, 1.165) is 38.0 Å². The quantitative estimate of drug-likeness (QED) is 0.756. The summed E-state index contributed by atoms with van der Waals surface area (Å²) in [6.45, 7) is 3.43.